The number of hydrogen-bond donors (Lipinski definition) is 3. The van der Waals surface area contributed by atoms with E-state index in [1.807, 2.05) is 13.0 Å². The van der Waals surface area contributed by atoms with E-state index in [2.05, 4.69) is 27.5 Å². The molecule has 3 N–H and O–H groups in total. The van der Waals surface area contributed by atoms with Crippen LogP contribution in [0.25, 0.3) is 0 Å². The molecule has 0 saturated heterocycles. The Morgan fingerprint density at radius 2 is 2.05 bits per heavy atom. The number of aryl methyl sites for hydroxylation is 1. The number of aromatic nitrogens is 2. The summed E-state index contributed by atoms with van der Waals surface area (Å²) < 4.78 is 0. The molecule has 1 aromatic heterocycles. The van der Waals surface area contributed by atoms with Gasteiger partial charge in [-0.05, 0) is 38.5 Å². The summed E-state index contributed by atoms with van der Waals surface area (Å²) in [6, 6.07) is 1.90. The minimum atomic E-state index is -0.592. The number of aliphatic hydroxyl groups is 1. The van der Waals surface area contributed by atoms with Crippen molar-refractivity contribution in [1.29, 1.82) is 0 Å². The zero-order valence-electron chi connectivity index (χ0n) is 12.0. The van der Waals surface area contributed by atoms with Gasteiger partial charge in [0.05, 0.1) is 5.60 Å². The van der Waals surface area contributed by atoms with Crippen LogP contribution in [0.3, 0.4) is 0 Å². The van der Waals surface area contributed by atoms with E-state index >= 15 is 0 Å². The molecule has 1 aliphatic rings. The van der Waals surface area contributed by atoms with Gasteiger partial charge >= 0.3 is 0 Å². The Hall–Kier alpha value is -1.36. The molecular formula is C14H24N4O. The van der Waals surface area contributed by atoms with Gasteiger partial charge < -0.3 is 15.7 Å². The molecule has 0 aliphatic heterocycles. The van der Waals surface area contributed by atoms with E-state index in [1.165, 1.54) is 0 Å². The van der Waals surface area contributed by atoms with E-state index < -0.39 is 5.60 Å². The maximum absolute atomic E-state index is 10.5. The Balaban J connectivity index is 1.96. The van der Waals surface area contributed by atoms with Gasteiger partial charge in [0.15, 0.2) is 0 Å². The lowest BCUT2D eigenvalue weighted by atomic mass is 9.79. The number of nitrogens with one attached hydrogen (secondary N) is 2. The highest BCUT2D eigenvalue weighted by atomic mass is 16.3. The Bertz CT molecular complexity index is 427. The van der Waals surface area contributed by atoms with Crippen LogP contribution in [0.15, 0.2) is 6.07 Å². The Morgan fingerprint density at radius 3 is 2.68 bits per heavy atom. The maximum Gasteiger partial charge on any atom is 0.224 e. The fourth-order valence-corrected chi connectivity index (χ4v) is 2.50. The van der Waals surface area contributed by atoms with Crippen molar-refractivity contribution in [3.63, 3.8) is 0 Å². The molecule has 1 fully saturated rings. The summed E-state index contributed by atoms with van der Waals surface area (Å²) >= 11 is 0. The second kappa shape index (κ2) is 5.74. The topological polar surface area (TPSA) is 70.1 Å². The molecule has 5 heteroatoms. The van der Waals surface area contributed by atoms with Crippen molar-refractivity contribution < 1.29 is 5.11 Å². The molecule has 0 radical (unpaired) electrons. The molecule has 1 heterocycles. The van der Waals surface area contributed by atoms with Crippen molar-refractivity contribution in [2.45, 2.75) is 45.1 Å². The molecule has 1 saturated carbocycles. The molecule has 1 aromatic rings. The highest BCUT2D eigenvalue weighted by Crippen LogP contribution is 2.31. The van der Waals surface area contributed by atoms with Gasteiger partial charge in [-0.15, -0.1) is 0 Å². The van der Waals surface area contributed by atoms with E-state index in [0.717, 1.165) is 43.1 Å². The van der Waals surface area contributed by atoms with E-state index in [0.29, 0.717) is 12.5 Å². The second-order valence-electron chi connectivity index (χ2n) is 5.73. The van der Waals surface area contributed by atoms with Crippen LogP contribution in [0.2, 0.25) is 0 Å². The van der Waals surface area contributed by atoms with Crippen molar-refractivity contribution in [3.05, 3.63) is 11.8 Å². The Kier molecular flexibility index (Phi) is 4.24. The van der Waals surface area contributed by atoms with Gasteiger partial charge in [-0.1, -0.05) is 6.92 Å². The zero-order chi connectivity index (χ0) is 13.9. The van der Waals surface area contributed by atoms with Crippen LogP contribution >= 0.6 is 0 Å². The van der Waals surface area contributed by atoms with E-state index in [4.69, 9.17) is 0 Å². The van der Waals surface area contributed by atoms with Crippen LogP contribution in [-0.4, -0.2) is 34.3 Å². The summed E-state index contributed by atoms with van der Waals surface area (Å²) in [4.78, 5) is 8.59. The first-order valence-corrected chi connectivity index (χ1v) is 7.00. The number of anilines is 2. The molecule has 0 aromatic carbocycles. The van der Waals surface area contributed by atoms with Crippen molar-refractivity contribution in [1.82, 2.24) is 9.97 Å². The van der Waals surface area contributed by atoms with E-state index in [9.17, 15) is 5.11 Å². The van der Waals surface area contributed by atoms with Crippen molar-refractivity contribution in [3.8, 4) is 0 Å². The first-order chi connectivity index (χ1) is 9.00. The van der Waals surface area contributed by atoms with Gasteiger partial charge in [0.2, 0.25) is 5.95 Å². The van der Waals surface area contributed by atoms with E-state index in [-0.39, 0.29) is 0 Å². The number of rotatable bonds is 4. The van der Waals surface area contributed by atoms with Crippen molar-refractivity contribution in [2.75, 3.05) is 24.2 Å². The van der Waals surface area contributed by atoms with Crippen LogP contribution in [0, 0.1) is 12.8 Å². The average Bonchev–Trinajstić information content (AvgIpc) is 2.40. The Morgan fingerprint density at radius 1 is 1.37 bits per heavy atom. The second-order valence-corrected chi connectivity index (χ2v) is 5.73. The smallest absolute Gasteiger partial charge is 0.224 e. The fourth-order valence-electron chi connectivity index (χ4n) is 2.50. The predicted octanol–water partition coefficient (Wildman–Crippen LogP) is 2.18. The van der Waals surface area contributed by atoms with Gasteiger partial charge in [-0.25, -0.2) is 4.98 Å². The normalized spacial score (nSPS) is 27.1. The molecule has 2 rings (SSSR count). The molecule has 19 heavy (non-hydrogen) atoms. The maximum atomic E-state index is 10.5. The first kappa shape index (κ1) is 14.1. The molecule has 0 amide bonds. The van der Waals surface area contributed by atoms with Crippen molar-refractivity contribution >= 4 is 11.8 Å². The highest BCUT2D eigenvalue weighted by molar-refractivity contribution is 5.42. The lowest BCUT2D eigenvalue weighted by Crippen LogP contribution is -2.40. The predicted molar refractivity (Wildman–Crippen MR) is 77.4 cm³/mol. The van der Waals surface area contributed by atoms with E-state index in [1.54, 1.807) is 7.05 Å². The van der Waals surface area contributed by atoms with Crippen LogP contribution in [0.5, 0.6) is 0 Å². The van der Waals surface area contributed by atoms with Gasteiger partial charge in [0, 0.05) is 25.4 Å². The summed E-state index contributed by atoms with van der Waals surface area (Å²) in [5.41, 5.74) is 0.316. The number of hydrogen-bond acceptors (Lipinski definition) is 5. The summed E-state index contributed by atoms with van der Waals surface area (Å²) in [5, 5.41) is 16.7. The van der Waals surface area contributed by atoms with Gasteiger partial charge in [0.25, 0.3) is 0 Å². The van der Waals surface area contributed by atoms with Crippen LogP contribution in [0.4, 0.5) is 11.8 Å². The lowest BCUT2D eigenvalue weighted by Gasteiger charge is -2.35. The van der Waals surface area contributed by atoms with Gasteiger partial charge in [-0.3, -0.25) is 0 Å². The SMILES string of the molecule is CNc1nc(C)cc(NCC2(O)CCC(C)CC2)n1. The standard InChI is InChI=1S/C14H24N4O/c1-10-4-6-14(19,7-5-10)9-16-12-8-11(2)17-13(15-3)18-12/h8,10,19H,4-7,9H2,1-3H3,(H2,15,16,17,18). The molecule has 1 aliphatic carbocycles. The minimum absolute atomic E-state index is 0.555. The summed E-state index contributed by atoms with van der Waals surface area (Å²) in [7, 11) is 1.80. The molecule has 0 bridgehead atoms. The third-order valence-corrected chi connectivity index (χ3v) is 3.88. The summed E-state index contributed by atoms with van der Waals surface area (Å²) in [6.45, 7) is 4.74. The average molecular weight is 264 g/mol. The van der Waals surface area contributed by atoms with Gasteiger partial charge in [0.1, 0.15) is 5.82 Å². The first-order valence-electron chi connectivity index (χ1n) is 7.00. The Labute approximate surface area is 114 Å². The fraction of sp³-hybridized carbons (Fsp3) is 0.714. The van der Waals surface area contributed by atoms with Crippen LogP contribution in [0.1, 0.15) is 38.3 Å². The molecular weight excluding hydrogens is 240 g/mol. The third kappa shape index (κ3) is 3.80. The summed E-state index contributed by atoms with van der Waals surface area (Å²) in [6.07, 6.45) is 3.93. The molecule has 5 nitrogen and oxygen atoms in total. The van der Waals surface area contributed by atoms with Crippen LogP contribution in [-0.2, 0) is 0 Å². The monoisotopic (exact) mass is 264 g/mol. The highest BCUT2D eigenvalue weighted by Gasteiger charge is 2.31. The summed E-state index contributed by atoms with van der Waals surface area (Å²) in [5.74, 6) is 2.10. The molecule has 0 unspecified atom stereocenters. The zero-order valence-corrected chi connectivity index (χ0v) is 12.0. The molecule has 106 valence electrons. The van der Waals surface area contributed by atoms with Crippen molar-refractivity contribution in [2.24, 2.45) is 5.92 Å². The van der Waals surface area contributed by atoms with Crippen LogP contribution < -0.4 is 10.6 Å². The third-order valence-electron chi connectivity index (χ3n) is 3.88. The largest absolute Gasteiger partial charge is 0.388 e. The quantitative estimate of drug-likeness (QED) is 0.777. The molecule has 0 spiro atoms. The minimum Gasteiger partial charge on any atom is -0.388 e. The molecule has 0 atom stereocenters. The number of nitrogens with zero attached hydrogens (tertiary/aromatic N) is 2. The van der Waals surface area contributed by atoms with Gasteiger partial charge in [-0.2, -0.15) is 4.98 Å². The lowest BCUT2D eigenvalue weighted by molar-refractivity contribution is 0.00494.